The zero-order chi connectivity index (χ0) is 90.4. The van der Waals surface area contributed by atoms with E-state index in [1.165, 1.54) is 217 Å². The first-order valence-corrected chi connectivity index (χ1v) is 50.9. The Hall–Kier alpha value is -4.99. The molecule has 7 rings (SSSR count). The van der Waals surface area contributed by atoms with Gasteiger partial charge in [-0.15, -0.1) is 0 Å². The number of amides is 3. The Morgan fingerprint density at radius 3 is 1.08 bits per heavy atom. The van der Waals surface area contributed by atoms with Gasteiger partial charge in [-0.3, -0.25) is 43.2 Å². The normalized spacial score (nSPS) is 30.6. The number of ether oxygens (including phenoxy) is 9. The maximum absolute atomic E-state index is 16.0. The van der Waals surface area contributed by atoms with Crippen LogP contribution in [0.5, 0.6) is 0 Å². The smallest absolute Gasteiger partial charge is 0.303 e. The number of allylic oxidation sites excluding steroid dienone is 2. The second-order valence-corrected chi connectivity index (χ2v) is 41.2. The van der Waals surface area contributed by atoms with Gasteiger partial charge in [0, 0.05) is 65.6 Å². The minimum absolute atomic E-state index is 0.0545. The van der Waals surface area contributed by atoms with Gasteiger partial charge < -0.3 is 58.6 Å². The number of ketones is 1. The van der Waals surface area contributed by atoms with Crippen LogP contribution >= 0.6 is 0 Å². The van der Waals surface area contributed by atoms with Gasteiger partial charge in [-0.05, 0) is 122 Å². The lowest BCUT2D eigenvalue weighted by atomic mass is 9.33. The lowest BCUT2D eigenvalue weighted by Gasteiger charge is -2.70. The second-order valence-electron chi connectivity index (χ2n) is 41.2. The molecular weight excluding hydrogens is 1570 g/mol. The summed E-state index contributed by atoms with van der Waals surface area (Å²) in [7, 11) is 0. The molecule has 4 saturated carbocycles. The van der Waals surface area contributed by atoms with Gasteiger partial charge in [-0.2, -0.15) is 0 Å². The molecule has 0 aromatic rings. The Labute approximate surface area is 750 Å². The molecule has 0 bridgehead atoms. The van der Waals surface area contributed by atoms with E-state index in [1.54, 1.807) is 0 Å². The molecule has 21 heteroatoms. The van der Waals surface area contributed by atoms with Crippen molar-refractivity contribution in [3.63, 3.8) is 0 Å². The molecule has 3 amide bonds. The summed E-state index contributed by atoms with van der Waals surface area (Å²) < 4.78 is 58.3. The number of esters is 5. The summed E-state index contributed by atoms with van der Waals surface area (Å²) in [4.78, 5) is 128. The van der Waals surface area contributed by atoms with Crippen LogP contribution in [0.2, 0.25) is 0 Å². The van der Waals surface area contributed by atoms with Crippen LogP contribution in [0.25, 0.3) is 0 Å². The summed E-state index contributed by atoms with van der Waals surface area (Å²) >= 11 is 0. The van der Waals surface area contributed by atoms with E-state index < -0.39 is 131 Å². The van der Waals surface area contributed by atoms with Crippen molar-refractivity contribution in [2.24, 2.45) is 50.2 Å². The average Bonchev–Trinajstić information content (AvgIpc) is 0.671. The number of hydrogen-bond donors (Lipinski definition) is 3. The molecule has 3 N–H and O–H groups in total. The summed E-state index contributed by atoms with van der Waals surface area (Å²) in [6.07, 6.45) is 44.6. The fourth-order valence-corrected chi connectivity index (χ4v) is 23.5. The number of fused-ring (bicyclic) bond motifs is 7. The van der Waals surface area contributed by atoms with Gasteiger partial charge in [0.25, 0.3) is 11.8 Å². The Balaban J connectivity index is 1.12. The topological polar surface area (TPSA) is 273 Å². The third kappa shape index (κ3) is 31.1. The maximum Gasteiger partial charge on any atom is 0.303 e. The van der Waals surface area contributed by atoms with Crippen molar-refractivity contribution in [1.82, 2.24) is 16.0 Å². The molecule has 6 fully saturated rings. The third-order valence-electron chi connectivity index (χ3n) is 30.9. The van der Waals surface area contributed by atoms with Crippen molar-refractivity contribution in [1.29, 1.82) is 0 Å². The van der Waals surface area contributed by atoms with Crippen molar-refractivity contribution >= 4 is 53.4 Å². The Morgan fingerprint density at radius 1 is 0.371 bits per heavy atom. The van der Waals surface area contributed by atoms with Gasteiger partial charge in [0.05, 0.1) is 6.10 Å². The molecule has 712 valence electrons. The Kier molecular flexibility index (Phi) is 46.2. The van der Waals surface area contributed by atoms with Crippen LogP contribution < -0.4 is 16.0 Å². The number of carbonyl (C=O) groups excluding carboxylic acids is 9. The standard InChI is InChI=1S/C103H177N3O18/c1-16-19-22-25-28-31-34-37-40-43-46-49-52-55-58-69-104-93(113)88-85(117-75(5)108)87(119-77(7)110)91(124-96-90(120-78(8)111)86(118-76(6)109)84(116-74(4)107)89(123-96)94(114)105-70-59-56-53-50-47-44-41-38-35-32-29-26-23-20-17-2)95(122-88)121-83-62-63-101(13)82(98(83,9)10)61-64-103(15)92(101)81(112)72-79-80-73-100(12,66-65-99(80,11)67-68-102(79,103)14)97(115)106-71-60-57-54-51-48-45-42-39-36-33-30-27-24-21-18-3/h72,80,82-92,95-96H,16-71,73H2,1-15H3,(H,104,113)(H,105,114)(H,106,115). The number of unbranched alkanes of at least 4 members (excludes halogenated alkanes) is 42. The molecule has 0 radical (unpaired) electrons. The summed E-state index contributed by atoms with van der Waals surface area (Å²) in [5.41, 5.74) is -1.56. The van der Waals surface area contributed by atoms with E-state index in [4.69, 9.17) is 42.6 Å². The summed E-state index contributed by atoms with van der Waals surface area (Å²) in [6.45, 7) is 29.5. The lowest BCUT2D eigenvalue weighted by molar-refractivity contribution is -0.370. The van der Waals surface area contributed by atoms with E-state index in [2.05, 4.69) is 85.2 Å². The largest absolute Gasteiger partial charge is 0.455 e. The molecule has 2 aliphatic heterocycles. The molecule has 0 aromatic heterocycles. The van der Waals surface area contributed by atoms with Crippen molar-refractivity contribution in [3.8, 4) is 0 Å². The first-order chi connectivity index (χ1) is 59.4. The van der Waals surface area contributed by atoms with E-state index in [0.717, 1.165) is 137 Å². The van der Waals surface area contributed by atoms with Crippen LogP contribution in [0.15, 0.2) is 11.6 Å². The van der Waals surface area contributed by atoms with Gasteiger partial charge in [0.2, 0.25) is 5.91 Å². The van der Waals surface area contributed by atoms with Crippen LogP contribution in [0.3, 0.4) is 0 Å². The fourth-order valence-electron chi connectivity index (χ4n) is 23.5. The molecule has 19 unspecified atom stereocenters. The van der Waals surface area contributed by atoms with Gasteiger partial charge in [0.1, 0.15) is 0 Å². The van der Waals surface area contributed by atoms with E-state index in [9.17, 15) is 33.6 Å². The number of hydrogen-bond acceptors (Lipinski definition) is 18. The third-order valence-corrected chi connectivity index (χ3v) is 30.9. The van der Waals surface area contributed by atoms with Gasteiger partial charge in [-0.1, -0.05) is 344 Å². The van der Waals surface area contributed by atoms with Crippen LogP contribution in [0.1, 0.15) is 451 Å². The van der Waals surface area contributed by atoms with E-state index in [-0.39, 0.29) is 53.4 Å². The molecule has 5 aliphatic carbocycles. The van der Waals surface area contributed by atoms with E-state index in [0.29, 0.717) is 38.6 Å². The summed E-state index contributed by atoms with van der Waals surface area (Å²) in [6, 6.07) is 0. The monoisotopic (exact) mass is 1740 g/mol. The minimum atomic E-state index is -1.95. The van der Waals surface area contributed by atoms with Crippen molar-refractivity contribution in [2.45, 2.75) is 518 Å². The SMILES string of the molecule is CCCCCCCCCCCCCCCCCNC(=O)C1OC(OC2C(OC3CCC4(C)C(CCC5(C)C4C(=O)C=C4C6CC(C)(C(=O)NCCCCCCCCCCCCCCCCC)CCC6(C)CCC45C)C3(C)C)OC(C(=O)NCCCCCCCCCCCCCCCCC)C(OC(C)=O)C2OC(C)=O)C(OC(C)=O)C(OC(C)=O)C1OC(C)=O. The number of rotatable bonds is 60. The average molecular weight is 1750 g/mol. The summed E-state index contributed by atoms with van der Waals surface area (Å²) in [5, 5.41) is 9.40. The highest BCUT2D eigenvalue weighted by molar-refractivity contribution is 5.96. The van der Waals surface area contributed by atoms with Crippen LogP contribution in [0.4, 0.5) is 0 Å². The predicted molar refractivity (Wildman–Crippen MR) is 488 cm³/mol. The maximum atomic E-state index is 16.0. The number of nitrogens with one attached hydrogen (secondary N) is 3. The first kappa shape index (κ1) is 106. The molecule has 2 heterocycles. The second kappa shape index (κ2) is 54.0. The quantitative estimate of drug-likeness (QED) is 0.0221. The van der Waals surface area contributed by atoms with Crippen LogP contribution in [-0.4, -0.2) is 141 Å². The zero-order valence-corrected chi connectivity index (χ0v) is 80.8. The predicted octanol–water partition coefficient (Wildman–Crippen LogP) is 22.8. The first-order valence-electron chi connectivity index (χ1n) is 50.9. The fraction of sp³-hybridized carbons (Fsp3) is 0.893. The van der Waals surface area contributed by atoms with Gasteiger partial charge >= 0.3 is 29.8 Å². The van der Waals surface area contributed by atoms with E-state index in [1.807, 2.05) is 6.08 Å². The highest BCUT2D eigenvalue weighted by Crippen LogP contribution is 2.75. The Bertz CT molecular complexity index is 3270. The zero-order valence-electron chi connectivity index (χ0n) is 80.8. The van der Waals surface area contributed by atoms with Crippen molar-refractivity contribution < 1.29 is 85.8 Å². The molecule has 21 nitrogen and oxygen atoms in total. The molecule has 124 heavy (non-hydrogen) atoms. The minimum Gasteiger partial charge on any atom is -0.455 e. The van der Waals surface area contributed by atoms with Crippen molar-refractivity contribution in [2.75, 3.05) is 19.6 Å². The lowest BCUT2D eigenvalue weighted by Crippen LogP contribution is -2.70. The highest BCUT2D eigenvalue weighted by Gasteiger charge is 2.71. The molecular formula is C103H177N3O18. The van der Waals surface area contributed by atoms with Gasteiger partial charge in [0.15, 0.2) is 67.2 Å². The number of carbonyl (C=O) groups is 9. The Morgan fingerprint density at radius 2 is 0.702 bits per heavy atom. The molecule has 7 aliphatic rings. The highest BCUT2D eigenvalue weighted by atomic mass is 16.8. The van der Waals surface area contributed by atoms with Gasteiger partial charge in [-0.25, -0.2) is 0 Å². The molecule has 19 atom stereocenters. The van der Waals surface area contributed by atoms with Crippen molar-refractivity contribution in [3.05, 3.63) is 11.6 Å². The van der Waals surface area contributed by atoms with Crippen LogP contribution in [-0.2, 0) is 85.8 Å². The molecule has 0 spiro atoms. The molecule has 2 saturated heterocycles. The molecule has 0 aromatic carbocycles. The van der Waals surface area contributed by atoms with Crippen LogP contribution in [0, 0.1) is 50.2 Å². The van der Waals surface area contributed by atoms with E-state index >= 15 is 9.59 Å². The summed E-state index contributed by atoms with van der Waals surface area (Å²) in [5.74, 6) is -6.03.